The lowest BCUT2D eigenvalue weighted by Crippen LogP contribution is -2.29. The van der Waals surface area contributed by atoms with E-state index in [1.807, 2.05) is 24.3 Å². The molecule has 0 heterocycles. The van der Waals surface area contributed by atoms with Crippen molar-refractivity contribution in [2.24, 2.45) is 5.73 Å². The number of nitrogens with one attached hydrogen (secondary N) is 1. The Kier molecular flexibility index (Phi) is 25.6. The second kappa shape index (κ2) is 29.3. The van der Waals surface area contributed by atoms with Gasteiger partial charge in [-0.2, -0.15) is 0 Å². The molecule has 3 rings (SSSR count). The molecule has 0 saturated carbocycles. The Morgan fingerprint density at radius 3 is 1.20 bits per heavy atom. The molecule has 0 fully saturated rings. The topological polar surface area (TPSA) is 147 Å². The van der Waals surface area contributed by atoms with Crippen molar-refractivity contribution in [2.45, 2.75) is 5.92 Å². The number of amides is 1. The number of fused-ring (bicyclic) bond motifs is 3. The Bertz CT molecular complexity index is 1060. The van der Waals surface area contributed by atoms with E-state index in [0.717, 1.165) is 0 Å². The molecule has 0 spiro atoms. The van der Waals surface area contributed by atoms with Gasteiger partial charge >= 0.3 is 6.09 Å². The maximum atomic E-state index is 12.2. The van der Waals surface area contributed by atoms with Gasteiger partial charge in [-0.15, -0.1) is 12.4 Å². The number of alkyl carbamates (subject to hydrolysis) is 1. The van der Waals surface area contributed by atoms with E-state index in [1.165, 1.54) is 22.3 Å². The van der Waals surface area contributed by atoms with Crippen molar-refractivity contribution in [2.75, 3.05) is 139 Å². The van der Waals surface area contributed by atoms with Gasteiger partial charge in [-0.05, 0) is 22.3 Å². The van der Waals surface area contributed by atoms with Crippen molar-refractivity contribution >= 4 is 18.5 Å². The molecule has 0 unspecified atom stereocenters. The van der Waals surface area contributed by atoms with Crippen LogP contribution in [0.1, 0.15) is 17.0 Å². The molecule has 14 heteroatoms. The predicted octanol–water partition coefficient (Wildman–Crippen LogP) is 3.06. The van der Waals surface area contributed by atoms with Crippen molar-refractivity contribution in [1.29, 1.82) is 0 Å². The number of rotatable bonds is 31. The van der Waals surface area contributed by atoms with Crippen molar-refractivity contribution in [3.8, 4) is 11.1 Å². The van der Waals surface area contributed by atoms with E-state index in [9.17, 15) is 4.79 Å². The Balaban J connectivity index is 0.00000833. The highest BCUT2D eigenvalue weighted by Crippen LogP contribution is 2.44. The van der Waals surface area contributed by atoms with E-state index < -0.39 is 6.09 Å². The summed E-state index contributed by atoms with van der Waals surface area (Å²) < 4.78 is 54.5. The van der Waals surface area contributed by atoms with Gasteiger partial charge in [0, 0.05) is 19.0 Å². The SMILES string of the molecule is Cl.NCCOCCOCCOCCOCCOCCOCCOCCOCCOCCNC(=O)OCC1c2ccccc2-c2ccccc21. The fraction of sp³-hybridized carbons (Fsp3) is 0.629. The lowest BCUT2D eigenvalue weighted by molar-refractivity contribution is -0.0248. The highest BCUT2D eigenvalue weighted by molar-refractivity contribution is 5.85. The largest absolute Gasteiger partial charge is 0.449 e. The molecule has 0 radical (unpaired) electrons. The molecular formula is C35H55ClN2O11. The monoisotopic (exact) mass is 714 g/mol. The number of benzene rings is 2. The number of ether oxygens (including phenoxy) is 10. The summed E-state index contributed by atoms with van der Waals surface area (Å²) in [6, 6.07) is 16.5. The van der Waals surface area contributed by atoms with Crippen LogP contribution in [-0.4, -0.2) is 145 Å². The van der Waals surface area contributed by atoms with Crippen LogP contribution in [0.4, 0.5) is 4.79 Å². The second-order valence-electron chi connectivity index (χ2n) is 10.6. The van der Waals surface area contributed by atoms with Crippen LogP contribution in [0.25, 0.3) is 11.1 Å². The Hall–Kier alpha value is -2.40. The first-order chi connectivity index (χ1) is 23.8. The molecular weight excluding hydrogens is 660 g/mol. The number of hydrogen-bond donors (Lipinski definition) is 2. The lowest BCUT2D eigenvalue weighted by atomic mass is 9.98. The van der Waals surface area contributed by atoms with Gasteiger partial charge in [0.15, 0.2) is 0 Å². The van der Waals surface area contributed by atoms with Gasteiger partial charge in [-0.1, -0.05) is 48.5 Å². The Morgan fingerprint density at radius 1 is 0.510 bits per heavy atom. The van der Waals surface area contributed by atoms with Crippen molar-refractivity contribution < 1.29 is 52.2 Å². The molecule has 49 heavy (non-hydrogen) atoms. The maximum Gasteiger partial charge on any atom is 0.407 e. The smallest absolute Gasteiger partial charge is 0.407 e. The molecule has 278 valence electrons. The summed E-state index contributed by atoms with van der Waals surface area (Å²) >= 11 is 0. The number of hydrogen-bond acceptors (Lipinski definition) is 12. The third kappa shape index (κ3) is 19.0. The van der Waals surface area contributed by atoms with E-state index in [0.29, 0.717) is 132 Å². The first-order valence-electron chi connectivity index (χ1n) is 16.8. The molecule has 0 atom stereocenters. The van der Waals surface area contributed by atoms with Crippen LogP contribution in [0.2, 0.25) is 0 Å². The maximum absolute atomic E-state index is 12.2. The van der Waals surface area contributed by atoms with E-state index in [2.05, 4.69) is 29.6 Å². The van der Waals surface area contributed by atoms with Crippen LogP contribution in [-0.2, 0) is 47.4 Å². The second-order valence-corrected chi connectivity index (χ2v) is 10.6. The summed E-state index contributed by atoms with van der Waals surface area (Å²) in [4.78, 5) is 12.2. The van der Waals surface area contributed by atoms with Crippen LogP contribution in [0.3, 0.4) is 0 Å². The zero-order chi connectivity index (χ0) is 33.7. The molecule has 2 aromatic carbocycles. The van der Waals surface area contributed by atoms with E-state index in [1.54, 1.807) is 0 Å². The van der Waals surface area contributed by atoms with E-state index in [-0.39, 0.29) is 24.9 Å². The quantitative estimate of drug-likeness (QED) is 0.111. The molecule has 13 nitrogen and oxygen atoms in total. The predicted molar refractivity (Wildman–Crippen MR) is 187 cm³/mol. The molecule has 0 aromatic heterocycles. The zero-order valence-electron chi connectivity index (χ0n) is 28.5. The molecule has 3 N–H and O–H groups in total. The van der Waals surface area contributed by atoms with Gasteiger partial charge in [-0.25, -0.2) is 4.79 Å². The van der Waals surface area contributed by atoms with Crippen molar-refractivity contribution in [3.05, 3.63) is 59.7 Å². The van der Waals surface area contributed by atoms with E-state index >= 15 is 0 Å². The number of carbonyl (C=O) groups is 1. The molecule has 0 saturated heterocycles. The Labute approximate surface area is 296 Å². The number of nitrogens with two attached hydrogens (primary N) is 1. The van der Waals surface area contributed by atoms with Crippen molar-refractivity contribution in [3.63, 3.8) is 0 Å². The number of carbonyl (C=O) groups excluding carboxylic acids is 1. The number of halogens is 1. The molecule has 1 amide bonds. The minimum absolute atomic E-state index is 0. The standard InChI is InChI=1S/C35H54N2O11.ClH/c36-9-11-39-13-15-41-17-19-43-21-23-45-25-27-47-28-26-46-24-22-44-20-18-42-16-14-40-12-10-37-35(38)48-29-34-32-7-3-1-5-30(32)31-6-2-4-8-33(31)34;/h1-8,34H,9-29,36H2,(H,37,38);1H. The van der Waals surface area contributed by atoms with Gasteiger partial charge in [0.2, 0.25) is 0 Å². The fourth-order valence-corrected chi connectivity index (χ4v) is 4.82. The van der Waals surface area contributed by atoms with Gasteiger partial charge in [0.25, 0.3) is 0 Å². The molecule has 2 aromatic rings. The average molecular weight is 715 g/mol. The summed E-state index contributed by atoms with van der Waals surface area (Å²) in [5, 5.41) is 2.74. The molecule has 1 aliphatic carbocycles. The van der Waals surface area contributed by atoms with Gasteiger partial charge in [0.05, 0.1) is 119 Å². The third-order valence-corrected chi connectivity index (χ3v) is 7.10. The minimum Gasteiger partial charge on any atom is -0.449 e. The van der Waals surface area contributed by atoms with Crippen molar-refractivity contribution in [1.82, 2.24) is 5.32 Å². The summed E-state index contributed by atoms with van der Waals surface area (Å²) in [7, 11) is 0. The highest BCUT2D eigenvalue weighted by atomic mass is 35.5. The van der Waals surface area contributed by atoms with Crippen LogP contribution in [0.15, 0.2) is 48.5 Å². The summed E-state index contributed by atoms with van der Waals surface area (Å²) in [5.41, 5.74) is 10.1. The fourth-order valence-electron chi connectivity index (χ4n) is 4.82. The Morgan fingerprint density at radius 2 is 0.837 bits per heavy atom. The van der Waals surface area contributed by atoms with Gasteiger partial charge in [-0.3, -0.25) is 0 Å². The molecule has 0 bridgehead atoms. The molecule has 1 aliphatic rings. The summed E-state index contributed by atoms with van der Waals surface area (Å²) in [6.45, 7) is 10.0. The zero-order valence-corrected chi connectivity index (χ0v) is 29.3. The summed E-state index contributed by atoms with van der Waals surface area (Å²) in [6.07, 6.45) is -0.451. The van der Waals surface area contributed by atoms with Gasteiger partial charge < -0.3 is 58.4 Å². The van der Waals surface area contributed by atoms with Crippen LogP contribution in [0.5, 0.6) is 0 Å². The first kappa shape index (κ1) is 42.8. The van der Waals surface area contributed by atoms with E-state index in [4.69, 9.17) is 53.1 Å². The normalized spacial score (nSPS) is 12.0. The van der Waals surface area contributed by atoms with Crippen LogP contribution >= 0.6 is 12.4 Å². The third-order valence-electron chi connectivity index (χ3n) is 7.10. The van der Waals surface area contributed by atoms with Crippen LogP contribution < -0.4 is 11.1 Å². The summed E-state index contributed by atoms with van der Waals surface area (Å²) in [5.74, 6) is 0.0393. The lowest BCUT2D eigenvalue weighted by Gasteiger charge is -2.14. The van der Waals surface area contributed by atoms with Crippen LogP contribution in [0, 0.1) is 0 Å². The van der Waals surface area contributed by atoms with Gasteiger partial charge in [0.1, 0.15) is 6.61 Å². The average Bonchev–Trinajstić information content (AvgIpc) is 3.43. The minimum atomic E-state index is -0.451. The molecule has 0 aliphatic heterocycles. The highest BCUT2D eigenvalue weighted by Gasteiger charge is 2.28. The first-order valence-corrected chi connectivity index (χ1v) is 16.8.